The first kappa shape index (κ1) is 13.1. The number of nitrogens with two attached hydrogens (primary N) is 1. The number of methoxy groups -OCH3 is 1. The lowest BCUT2D eigenvalue weighted by Crippen LogP contribution is -1.98. The second kappa shape index (κ2) is 6.58. The molecule has 0 unspecified atom stereocenters. The van der Waals surface area contributed by atoms with Crippen LogP contribution in [0.25, 0.3) is 0 Å². The molecular weight excluding hydrogens is 216 g/mol. The lowest BCUT2D eigenvalue weighted by atomic mass is 10.2. The zero-order chi connectivity index (χ0) is 12.7. The molecule has 0 saturated carbocycles. The molecule has 0 aliphatic carbocycles. The maximum Gasteiger partial charge on any atom is 0.161 e. The van der Waals surface area contributed by atoms with Crippen LogP contribution < -0.4 is 15.3 Å². The van der Waals surface area contributed by atoms with E-state index in [0.29, 0.717) is 18.1 Å². The van der Waals surface area contributed by atoms with E-state index in [0.717, 1.165) is 5.56 Å². The number of hydrogen-bond acceptors (Lipinski definition) is 4. The Morgan fingerprint density at radius 1 is 1.35 bits per heavy atom. The van der Waals surface area contributed by atoms with Gasteiger partial charge in [-0.25, -0.2) is 0 Å². The first-order chi connectivity index (χ1) is 8.17. The number of nitrogens with zero attached hydrogens (tertiary/aromatic N) is 1. The minimum absolute atomic E-state index is 0.531. The lowest BCUT2D eigenvalue weighted by molar-refractivity contribution is 0.325. The quantitative estimate of drug-likeness (QED) is 0.368. The summed E-state index contributed by atoms with van der Waals surface area (Å²) in [6.45, 7) is 4.59. The van der Waals surface area contributed by atoms with Crippen molar-refractivity contribution in [3.05, 3.63) is 35.4 Å². The minimum atomic E-state index is 0.531. The molecule has 0 aromatic heterocycles. The number of benzene rings is 1. The van der Waals surface area contributed by atoms with E-state index in [-0.39, 0.29) is 0 Å². The van der Waals surface area contributed by atoms with Crippen LogP contribution in [0.2, 0.25) is 0 Å². The van der Waals surface area contributed by atoms with Crippen molar-refractivity contribution in [2.24, 2.45) is 10.9 Å². The molecule has 1 aromatic rings. The van der Waals surface area contributed by atoms with Gasteiger partial charge in [-0.3, -0.25) is 0 Å². The van der Waals surface area contributed by atoms with E-state index in [1.54, 1.807) is 13.3 Å². The molecule has 0 bridgehead atoms. The van der Waals surface area contributed by atoms with E-state index in [1.807, 2.05) is 38.1 Å². The maximum atomic E-state index is 5.59. The molecule has 17 heavy (non-hydrogen) atoms. The fourth-order valence-electron chi connectivity index (χ4n) is 1.27. The van der Waals surface area contributed by atoms with Crippen LogP contribution in [0.1, 0.15) is 19.4 Å². The van der Waals surface area contributed by atoms with E-state index < -0.39 is 0 Å². The third-order valence-electron chi connectivity index (χ3n) is 2.14. The van der Waals surface area contributed by atoms with Gasteiger partial charge in [0.15, 0.2) is 11.5 Å². The van der Waals surface area contributed by atoms with Crippen molar-refractivity contribution in [1.82, 2.24) is 0 Å². The van der Waals surface area contributed by atoms with E-state index in [9.17, 15) is 0 Å². The Hall–Kier alpha value is -1.97. The van der Waals surface area contributed by atoms with Crippen molar-refractivity contribution in [3.63, 3.8) is 0 Å². The topological polar surface area (TPSA) is 56.8 Å². The van der Waals surface area contributed by atoms with Gasteiger partial charge in [0.1, 0.15) is 6.61 Å². The van der Waals surface area contributed by atoms with Crippen LogP contribution in [0.3, 0.4) is 0 Å². The van der Waals surface area contributed by atoms with Crippen molar-refractivity contribution in [2.45, 2.75) is 13.8 Å². The monoisotopic (exact) mass is 234 g/mol. The second-order valence-corrected chi connectivity index (χ2v) is 3.78. The highest BCUT2D eigenvalue weighted by Crippen LogP contribution is 2.27. The molecule has 1 rings (SSSR count). The summed E-state index contributed by atoms with van der Waals surface area (Å²) >= 11 is 0. The summed E-state index contributed by atoms with van der Waals surface area (Å²) in [6, 6.07) is 5.54. The number of ether oxygens (including phenoxy) is 2. The van der Waals surface area contributed by atoms with Gasteiger partial charge in [0.2, 0.25) is 0 Å². The summed E-state index contributed by atoms with van der Waals surface area (Å²) in [5.41, 5.74) is 2.09. The number of rotatable bonds is 5. The smallest absolute Gasteiger partial charge is 0.161 e. The van der Waals surface area contributed by atoms with Gasteiger partial charge in [-0.15, -0.1) is 0 Å². The predicted molar refractivity (Wildman–Crippen MR) is 69.7 cm³/mol. The lowest BCUT2D eigenvalue weighted by Gasteiger charge is -2.09. The summed E-state index contributed by atoms with van der Waals surface area (Å²) < 4.78 is 10.8. The molecule has 4 heteroatoms. The van der Waals surface area contributed by atoms with Gasteiger partial charge in [-0.2, -0.15) is 5.10 Å². The molecule has 1 aromatic carbocycles. The van der Waals surface area contributed by atoms with Crippen molar-refractivity contribution in [2.75, 3.05) is 13.7 Å². The minimum Gasteiger partial charge on any atom is -0.493 e. The molecule has 0 heterocycles. The Bertz CT molecular complexity index is 421. The van der Waals surface area contributed by atoms with Crippen LogP contribution in [-0.4, -0.2) is 19.9 Å². The van der Waals surface area contributed by atoms with E-state index in [2.05, 4.69) is 5.10 Å². The largest absolute Gasteiger partial charge is 0.493 e. The summed E-state index contributed by atoms with van der Waals surface area (Å²) in [7, 11) is 1.60. The fourth-order valence-corrected chi connectivity index (χ4v) is 1.27. The van der Waals surface area contributed by atoms with Crippen LogP contribution >= 0.6 is 0 Å². The standard InChI is InChI=1S/C13H18N2O2/c1-10(2)6-7-17-12-5-4-11(9-15-14)8-13(12)16-3/h4-6,8-9H,7,14H2,1-3H3. The summed E-state index contributed by atoms with van der Waals surface area (Å²) in [4.78, 5) is 0. The molecule has 92 valence electrons. The van der Waals surface area contributed by atoms with E-state index >= 15 is 0 Å². The predicted octanol–water partition coefficient (Wildman–Crippen LogP) is 2.33. The highest BCUT2D eigenvalue weighted by molar-refractivity contribution is 5.80. The Kier molecular flexibility index (Phi) is 5.07. The van der Waals surface area contributed by atoms with Gasteiger partial charge in [-0.1, -0.05) is 5.57 Å². The Labute approximate surface area is 102 Å². The van der Waals surface area contributed by atoms with Gasteiger partial charge in [0.05, 0.1) is 13.3 Å². The highest BCUT2D eigenvalue weighted by Gasteiger charge is 2.04. The summed E-state index contributed by atoms with van der Waals surface area (Å²) in [6.07, 6.45) is 3.57. The van der Waals surface area contributed by atoms with Crippen molar-refractivity contribution in [1.29, 1.82) is 0 Å². The van der Waals surface area contributed by atoms with Crippen LogP contribution in [0.4, 0.5) is 0 Å². The van der Waals surface area contributed by atoms with Gasteiger partial charge in [-0.05, 0) is 43.7 Å². The van der Waals surface area contributed by atoms with Crippen molar-refractivity contribution < 1.29 is 9.47 Å². The number of hydrazone groups is 1. The van der Waals surface area contributed by atoms with Crippen LogP contribution in [0.15, 0.2) is 34.9 Å². The van der Waals surface area contributed by atoms with Crippen LogP contribution in [0, 0.1) is 0 Å². The average Bonchev–Trinajstić information content (AvgIpc) is 2.30. The van der Waals surface area contributed by atoms with Crippen LogP contribution in [0.5, 0.6) is 11.5 Å². The molecule has 0 aliphatic rings. The molecule has 4 nitrogen and oxygen atoms in total. The second-order valence-electron chi connectivity index (χ2n) is 3.78. The zero-order valence-electron chi connectivity index (χ0n) is 10.4. The molecule has 0 fully saturated rings. The third kappa shape index (κ3) is 4.18. The highest BCUT2D eigenvalue weighted by atomic mass is 16.5. The van der Waals surface area contributed by atoms with Gasteiger partial charge >= 0.3 is 0 Å². The molecule has 0 spiro atoms. The fraction of sp³-hybridized carbons (Fsp3) is 0.308. The van der Waals surface area contributed by atoms with Crippen LogP contribution in [-0.2, 0) is 0 Å². The molecule has 0 saturated heterocycles. The zero-order valence-corrected chi connectivity index (χ0v) is 10.4. The van der Waals surface area contributed by atoms with Gasteiger partial charge < -0.3 is 15.3 Å². The van der Waals surface area contributed by atoms with Gasteiger partial charge in [0.25, 0.3) is 0 Å². The van der Waals surface area contributed by atoms with E-state index in [4.69, 9.17) is 15.3 Å². The number of hydrogen-bond donors (Lipinski definition) is 1. The maximum absolute atomic E-state index is 5.59. The molecule has 0 radical (unpaired) electrons. The summed E-state index contributed by atoms with van der Waals surface area (Å²) in [5, 5.41) is 3.47. The van der Waals surface area contributed by atoms with Crippen molar-refractivity contribution >= 4 is 6.21 Å². The normalized spacial score (nSPS) is 10.3. The Morgan fingerprint density at radius 2 is 2.12 bits per heavy atom. The van der Waals surface area contributed by atoms with Gasteiger partial charge in [0, 0.05) is 0 Å². The average molecular weight is 234 g/mol. The van der Waals surface area contributed by atoms with E-state index in [1.165, 1.54) is 5.57 Å². The summed E-state index contributed by atoms with van der Waals surface area (Å²) in [5.74, 6) is 6.47. The molecule has 0 amide bonds. The molecule has 0 atom stereocenters. The molecular formula is C13H18N2O2. The van der Waals surface area contributed by atoms with Crippen molar-refractivity contribution in [3.8, 4) is 11.5 Å². The third-order valence-corrected chi connectivity index (χ3v) is 2.14. The first-order valence-electron chi connectivity index (χ1n) is 5.35. The Morgan fingerprint density at radius 3 is 2.71 bits per heavy atom. The molecule has 0 aliphatic heterocycles. The molecule has 2 N–H and O–H groups in total. The first-order valence-corrected chi connectivity index (χ1v) is 5.35. The number of allylic oxidation sites excluding steroid dienone is 1. The SMILES string of the molecule is COc1cc(C=NN)ccc1OCC=C(C)C. The Balaban J connectivity index is 2.81.